The molecule has 1 saturated heterocycles. The van der Waals surface area contributed by atoms with Crippen molar-refractivity contribution >= 4 is 28.5 Å². The molecule has 2 aliphatic rings. The van der Waals surface area contributed by atoms with E-state index in [2.05, 4.69) is 23.0 Å². The number of anilines is 1. The number of nitrogens with zero attached hydrogens (tertiary/aromatic N) is 4. The highest BCUT2D eigenvalue weighted by Crippen LogP contribution is 2.31. The van der Waals surface area contributed by atoms with Gasteiger partial charge in [0, 0.05) is 49.2 Å². The topological polar surface area (TPSA) is 69.9 Å². The van der Waals surface area contributed by atoms with Gasteiger partial charge in [-0.25, -0.2) is 0 Å². The lowest BCUT2D eigenvalue weighted by atomic mass is 9.93. The molecular weight excluding hydrogens is 452 g/mol. The predicted octanol–water partition coefficient (Wildman–Crippen LogP) is 4.79. The standard InChI is InChI=1S/C29H36N4O3/c1-3-28(34)33-17-16-22-11-9-12-23(32(22)4-2)20-31(19-21-10-5-7-14-26(21)33)29(35)18-25-24-13-6-8-15-27(24)36-30-25/h5-8,10,13-15,22-23H,3-4,9,11-12,16-20H2,1-2H3. The third-order valence-electron chi connectivity index (χ3n) is 7.87. The molecule has 0 spiro atoms. The number of hydrogen-bond donors (Lipinski definition) is 0. The number of aromatic nitrogens is 1. The van der Waals surface area contributed by atoms with E-state index in [4.69, 9.17) is 4.52 Å². The minimum absolute atomic E-state index is 0.0367. The molecular formula is C29H36N4O3. The highest BCUT2D eigenvalue weighted by molar-refractivity contribution is 5.94. The highest BCUT2D eigenvalue weighted by Gasteiger charge is 2.34. The third-order valence-corrected chi connectivity index (χ3v) is 7.87. The number of hydrogen-bond acceptors (Lipinski definition) is 5. The van der Waals surface area contributed by atoms with Crippen LogP contribution in [0.3, 0.4) is 0 Å². The van der Waals surface area contributed by atoms with Crippen LogP contribution in [0.5, 0.6) is 0 Å². The summed E-state index contributed by atoms with van der Waals surface area (Å²) in [6.45, 7) is 6.92. The molecule has 190 valence electrons. The van der Waals surface area contributed by atoms with Crippen molar-refractivity contribution in [1.82, 2.24) is 15.0 Å². The van der Waals surface area contributed by atoms with Crippen LogP contribution in [-0.2, 0) is 22.6 Å². The minimum atomic E-state index is 0.0367. The van der Waals surface area contributed by atoms with Crippen LogP contribution in [0.4, 0.5) is 5.69 Å². The number of fused-ring (bicyclic) bond motifs is 4. The number of benzene rings is 2. The van der Waals surface area contributed by atoms with Crippen molar-refractivity contribution in [1.29, 1.82) is 0 Å². The number of carbonyl (C=O) groups excluding carboxylic acids is 2. The summed E-state index contributed by atoms with van der Waals surface area (Å²) in [5, 5.41) is 5.10. The predicted molar refractivity (Wildman–Crippen MR) is 141 cm³/mol. The van der Waals surface area contributed by atoms with Crippen LogP contribution in [0.1, 0.15) is 57.2 Å². The second-order valence-corrected chi connectivity index (χ2v) is 9.96. The summed E-state index contributed by atoms with van der Waals surface area (Å²) in [5.74, 6) is 0.165. The molecule has 2 aliphatic heterocycles. The molecule has 2 atom stereocenters. The lowest BCUT2D eigenvalue weighted by molar-refractivity contribution is -0.132. The summed E-state index contributed by atoms with van der Waals surface area (Å²) in [5.41, 5.74) is 3.31. The monoisotopic (exact) mass is 488 g/mol. The SMILES string of the molecule is CCC(=O)N1CCC2CCCC(CN(C(=O)Cc3noc4ccccc34)Cc3ccccc31)N2CC. The zero-order valence-corrected chi connectivity index (χ0v) is 21.4. The van der Waals surface area contributed by atoms with Gasteiger partial charge in [-0.2, -0.15) is 0 Å². The van der Waals surface area contributed by atoms with E-state index >= 15 is 0 Å². The van der Waals surface area contributed by atoms with Gasteiger partial charge in [0.25, 0.3) is 0 Å². The van der Waals surface area contributed by atoms with E-state index in [9.17, 15) is 9.59 Å². The van der Waals surface area contributed by atoms with E-state index in [-0.39, 0.29) is 18.2 Å². The lowest BCUT2D eigenvalue weighted by Crippen LogP contribution is -2.52. The van der Waals surface area contributed by atoms with Crippen LogP contribution in [0.25, 0.3) is 11.0 Å². The van der Waals surface area contributed by atoms with Crippen molar-refractivity contribution in [2.45, 2.75) is 71.0 Å². The molecule has 7 nitrogen and oxygen atoms in total. The molecule has 2 bridgehead atoms. The van der Waals surface area contributed by atoms with Gasteiger partial charge in [0.05, 0.1) is 6.42 Å². The van der Waals surface area contributed by atoms with Crippen molar-refractivity contribution in [2.75, 3.05) is 24.5 Å². The van der Waals surface area contributed by atoms with E-state index in [0.717, 1.165) is 48.9 Å². The molecule has 2 unspecified atom stereocenters. The summed E-state index contributed by atoms with van der Waals surface area (Å²) in [4.78, 5) is 33.4. The van der Waals surface area contributed by atoms with Crippen molar-refractivity contribution in [2.24, 2.45) is 0 Å². The normalized spacial score (nSPS) is 21.2. The summed E-state index contributed by atoms with van der Waals surface area (Å²) >= 11 is 0. The fourth-order valence-corrected chi connectivity index (χ4v) is 6.03. The second-order valence-electron chi connectivity index (χ2n) is 9.96. The Kier molecular flexibility index (Phi) is 7.37. The van der Waals surface area contributed by atoms with E-state index in [1.54, 1.807) is 0 Å². The summed E-state index contributed by atoms with van der Waals surface area (Å²) in [6.07, 6.45) is 4.97. The average Bonchev–Trinajstić information content (AvgIpc) is 3.31. The van der Waals surface area contributed by atoms with E-state index in [0.29, 0.717) is 49.4 Å². The van der Waals surface area contributed by atoms with Crippen LogP contribution in [0.2, 0.25) is 0 Å². The number of para-hydroxylation sites is 2. The molecule has 0 radical (unpaired) electrons. The molecule has 0 N–H and O–H groups in total. The second kappa shape index (κ2) is 10.8. The van der Waals surface area contributed by atoms with Gasteiger partial charge in [0.15, 0.2) is 5.58 Å². The van der Waals surface area contributed by atoms with Gasteiger partial charge >= 0.3 is 0 Å². The molecule has 0 saturated carbocycles. The van der Waals surface area contributed by atoms with E-state index in [1.807, 2.05) is 59.2 Å². The zero-order valence-electron chi connectivity index (χ0n) is 21.4. The van der Waals surface area contributed by atoms with Crippen molar-refractivity contribution in [3.05, 3.63) is 59.8 Å². The Labute approximate surface area is 213 Å². The largest absolute Gasteiger partial charge is 0.356 e. The Morgan fingerprint density at radius 1 is 0.972 bits per heavy atom. The van der Waals surface area contributed by atoms with Gasteiger partial charge < -0.3 is 14.3 Å². The maximum Gasteiger partial charge on any atom is 0.229 e. The van der Waals surface area contributed by atoms with Crippen molar-refractivity contribution < 1.29 is 14.1 Å². The van der Waals surface area contributed by atoms with Gasteiger partial charge in [-0.1, -0.05) is 55.8 Å². The van der Waals surface area contributed by atoms with E-state index < -0.39 is 0 Å². The van der Waals surface area contributed by atoms with Crippen LogP contribution in [0.15, 0.2) is 53.1 Å². The van der Waals surface area contributed by atoms with Gasteiger partial charge in [0.2, 0.25) is 11.8 Å². The molecule has 0 aliphatic carbocycles. The maximum absolute atomic E-state index is 13.8. The van der Waals surface area contributed by atoms with Gasteiger partial charge in [-0.05, 0) is 49.6 Å². The molecule has 1 fully saturated rings. The number of carbonyl (C=O) groups is 2. The number of likely N-dealkylation sites (N-methyl/N-ethyl adjacent to an activating group) is 1. The quantitative estimate of drug-likeness (QED) is 0.528. The third kappa shape index (κ3) is 4.89. The average molecular weight is 489 g/mol. The first-order valence-electron chi connectivity index (χ1n) is 13.3. The molecule has 3 aromatic rings. The fraction of sp³-hybridized carbons (Fsp3) is 0.483. The fourth-order valence-electron chi connectivity index (χ4n) is 6.03. The Balaban J connectivity index is 1.51. The minimum Gasteiger partial charge on any atom is -0.356 e. The molecule has 2 aromatic carbocycles. The lowest BCUT2D eigenvalue weighted by Gasteiger charge is -2.43. The maximum atomic E-state index is 13.8. The Bertz CT molecular complexity index is 1220. The van der Waals surface area contributed by atoms with Crippen LogP contribution < -0.4 is 4.90 Å². The molecule has 7 heteroatoms. The molecule has 5 rings (SSSR count). The van der Waals surface area contributed by atoms with Crippen molar-refractivity contribution in [3.63, 3.8) is 0 Å². The number of amides is 2. The Hall–Kier alpha value is -3.19. The van der Waals surface area contributed by atoms with Gasteiger partial charge in [-0.15, -0.1) is 0 Å². The Morgan fingerprint density at radius 2 is 1.75 bits per heavy atom. The first-order chi connectivity index (χ1) is 17.6. The molecule has 2 amide bonds. The number of rotatable bonds is 4. The van der Waals surface area contributed by atoms with Crippen LogP contribution >= 0.6 is 0 Å². The first kappa shape index (κ1) is 24.5. The summed E-state index contributed by atoms with van der Waals surface area (Å²) in [7, 11) is 0. The van der Waals surface area contributed by atoms with Gasteiger partial charge in [-0.3, -0.25) is 14.5 Å². The van der Waals surface area contributed by atoms with Crippen molar-refractivity contribution in [3.8, 4) is 0 Å². The molecule has 1 aromatic heterocycles. The van der Waals surface area contributed by atoms with Gasteiger partial charge in [0.1, 0.15) is 5.69 Å². The first-order valence-corrected chi connectivity index (χ1v) is 13.3. The Morgan fingerprint density at radius 3 is 2.58 bits per heavy atom. The number of piperidine rings is 1. The van der Waals surface area contributed by atoms with Crippen LogP contribution in [-0.4, -0.2) is 58.5 Å². The molecule has 36 heavy (non-hydrogen) atoms. The smallest absolute Gasteiger partial charge is 0.229 e. The summed E-state index contributed by atoms with van der Waals surface area (Å²) < 4.78 is 5.47. The van der Waals surface area contributed by atoms with Crippen LogP contribution in [0, 0.1) is 0 Å². The highest BCUT2D eigenvalue weighted by atomic mass is 16.5. The van der Waals surface area contributed by atoms with E-state index in [1.165, 1.54) is 0 Å². The molecule has 3 heterocycles. The summed E-state index contributed by atoms with van der Waals surface area (Å²) in [6, 6.07) is 16.5. The zero-order chi connectivity index (χ0) is 25.1.